The molecule has 14 nitrogen and oxygen atoms in total. The Morgan fingerprint density at radius 2 is 1.86 bits per heavy atom. The molecule has 272 valence electrons. The van der Waals surface area contributed by atoms with Crippen molar-refractivity contribution in [3.63, 3.8) is 0 Å². The number of hydrogen-bond donors (Lipinski definition) is 4. The van der Waals surface area contributed by atoms with Crippen molar-refractivity contribution in [2.45, 2.75) is 119 Å². The highest BCUT2D eigenvalue weighted by atomic mass is 32.2. The highest BCUT2D eigenvalue weighted by Crippen LogP contribution is 2.46. The Kier molecular flexibility index (Phi) is 9.72. The molecule has 2 aliphatic carbocycles. The Labute approximate surface area is 290 Å². The molecule has 0 bridgehead atoms. The van der Waals surface area contributed by atoms with Gasteiger partial charge in [0.25, 0.3) is 11.8 Å². The summed E-state index contributed by atoms with van der Waals surface area (Å²) in [5.74, 6) is -3.94. The highest BCUT2D eigenvalue weighted by molar-refractivity contribution is 7.91. The predicted octanol–water partition coefficient (Wildman–Crippen LogP) is 1.51. The molecule has 3 fully saturated rings. The number of rotatable bonds is 6. The molecule has 3 aliphatic heterocycles. The molecule has 1 aromatic carbocycles. The molecule has 2 saturated carbocycles. The van der Waals surface area contributed by atoms with Gasteiger partial charge in [-0.2, -0.15) is 0 Å². The van der Waals surface area contributed by atoms with Crippen LogP contribution >= 0.6 is 0 Å². The van der Waals surface area contributed by atoms with Gasteiger partial charge in [0, 0.05) is 24.4 Å². The Hall–Kier alpha value is -4.05. The lowest BCUT2D eigenvalue weighted by molar-refractivity contribution is -0.145. The molecule has 1 aromatic rings. The molecular weight excluding hydrogens is 673 g/mol. The second-order valence-corrected chi connectivity index (χ2v) is 16.5. The monoisotopic (exact) mass is 717 g/mol. The van der Waals surface area contributed by atoms with Crippen molar-refractivity contribution in [3.05, 3.63) is 47.3 Å². The number of halogens is 1. The second-order valence-electron chi connectivity index (χ2n) is 14.6. The maximum Gasteiger partial charge on any atom is 0.410 e. The normalized spacial score (nSPS) is 29.4. The molecular formula is C34H44FN5O9S. The van der Waals surface area contributed by atoms with E-state index in [1.165, 1.54) is 29.7 Å². The molecule has 50 heavy (non-hydrogen) atoms. The fourth-order valence-electron chi connectivity index (χ4n) is 6.91. The molecule has 0 aromatic heterocycles. The minimum absolute atomic E-state index is 0.0124. The van der Waals surface area contributed by atoms with Crippen LogP contribution < -0.4 is 15.4 Å². The van der Waals surface area contributed by atoms with Gasteiger partial charge >= 0.3 is 6.09 Å². The third-order valence-electron chi connectivity index (χ3n) is 10.2. The number of carbonyl (C=O) groups excluding carboxylic acids is 5. The number of hydrogen-bond acceptors (Lipinski definition) is 9. The third-order valence-corrected chi connectivity index (χ3v) is 12.0. The number of amides is 5. The van der Waals surface area contributed by atoms with E-state index in [4.69, 9.17) is 4.74 Å². The van der Waals surface area contributed by atoms with E-state index in [0.717, 1.165) is 6.42 Å². The summed E-state index contributed by atoms with van der Waals surface area (Å²) in [5.41, 5.74) is -2.35. The van der Waals surface area contributed by atoms with Gasteiger partial charge in [-0.05, 0) is 64.0 Å². The zero-order valence-electron chi connectivity index (χ0n) is 28.2. The van der Waals surface area contributed by atoms with E-state index in [1.807, 2.05) is 6.08 Å². The number of nitrogens with one attached hydrogen (secondary N) is 3. The molecule has 0 unspecified atom stereocenters. The van der Waals surface area contributed by atoms with Crippen LogP contribution in [0.1, 0.15) is 82.8 Å². The summed E-state index contributed by atoms with van der Waals surface area (Å²) in [6.07, 6.45) is 5.66. The quantitative estimate of drug-likeness (QED) is 0.316. The fraction of sp³-hybridized carbons (Fsp3) is 0.618. The van der Waals surface area contributed by atoms with Crippen molar-refractivity contribution >= 4 is 39.7 Å². The smallest absolute Gasteiger partial charge is 0.410 e. The Morgan fingerprint density at radius 3 is 2.56 bits per heavy atom. The number of ether oxygens (including phenoxy) is 1. The van der Waals surface area contributed by atoms with Crippen molar-refractivity contribution < 1.29 is 46.6 Å². The lowest BCUT2D eigenvalue weighted by Crippen LogP contribution is -2.59. The first-order valence-electron chi connectivity index (χ1n) is 17.2. The van der Waals surface area contributed by atoms with Crippen LogP contribution in [0.4, 0.5) is 9.18 Å². The molecule has 4 N–H and O–H groups in total. The minimum atomic E-state index is -3.93. The minimum Gasteiger partial charge on any atom is -0.444 e. The van der Waals surface area contributed by atoms with E-state index >= 15 is 0 Å². The molecule has 0 spiro atoms. The van der Waals surface area contributed by atoms with Crippen LogP contribution in [-0.4, -0.2) is 94.2 Å². The summed E-state index contributed by atoms with van der Waals surface area (Å²) in [6, 6.07) is 2.20. The van der Waals surface area contributed by atoms with Crippen LogP contribution in [0.25, 0.3) is 0 Å². The molecule has 0 radical (unpaired) electrons. The number of aliphatic hydroxyl groups is 1. The van der Waals surface area contributed by atoms with Crippen LogP contribution in [0.2, 0.25) is 0 Å². The second kappa shape index (κ2) is 13.6. The van der Waals surface area contributed by atoms with E-state index in [9.17, 15) is 41.9 Å². The molecule has 5 atom stereocenters. The van der Waals surface area contributed by atoms with Gasteiger partial charge in [-0.25, -0.2) is 17.6 Å². The molecule has 5 amide bonds. The van der Waals surface area contributed by atoms with E-state index in [1.54, 1.807) is 18.2 Å². The van der Waals surface area contributed by atoms with Crippen LogP contribution in [0.3, 0.4) is 0 Å². The summed E-state index contributed by atoms with van der Waals surface area (Å²) in [4.78, 5) is 70.5. The third kappa shape index (κ3) is 7.50. The Bertz CT molecular complexity index is 1710. The number of sulfonamides is 1. The zero-order chi connectivity index (χ0) is 36.0. The summed E-state index contributed by atoms with van der Waals surface area (Å²) < 4.78 is 47.7. The molecule has 1 saturated heterocycles. The number of benzene rings is 1. The SMILES string of the molecule is CC(C)(O)C(=O)N[C@H]1CCCCC/C=C\[C@@H]2C[C@@]2(C(=O)NS(=O)(=O)C2CC2)NC(=O)[C@@H]2C[C@@H](OC(=O)N3Cc4cccc(F)c4C3)CN2C1=O. The fourth-order valence-corrected chi connectivity index (χ4v) is 8.27. The zero-order valence-corrected chi connectivity index (χ0v) is 29.0. The average Bonchev–Trinajstić information content (AvgIpc) is 3.93. The van der Waals surface area contributed by atoms with E-state index in [0.29, 0.717) is 43.2 Å². The number of nitrogens with zero attached hydrogens (tertiary/aromatic N) is 2. The maximum absolute atomic E-state index is 14.4. The first kappa shape index (κ1) is 35.8. The van der Waals surface area contributed by atoms with Gasteiger partial charge in [0.2, 0.25) is 21.8 Å². The molecule has 3 heterocycles. The van der Waals surface area contributed by atoms with Crippen LogP contribution in [0.15, 0.2) is 30.4 Å². The largest absolute Gasteiger partial charge is 0.444 e. The van der Waals surface area contributed by atoms with Gasteiger partial charge in [-0.3, -0.25) is 28.8 Å². The summed E-state index contributed by atoms with van der Waals surface area (Å²) >= 11 is 0. The number of carbonyl (C=O) groups is 5. The summed E-state index contributed by atoms with van der Waals surface area (Å²) in [7, 11) is -3.93. The lowest BCUT2D eigenvalue weighted by atomic mass is 10.0. The van der Waals surface area contributed by atoms with Crippen LogP contribution in [0.5, 0.6) is 0 Å². The van der Waals surface area contributed by atoms with Crippen molar-refractivity contribution in [1.29, 1.82) is 0 Å². The Balaban J connectivity index is 1.26. The Morgan fingerprint density at radius 1 is 1.10 bits per heavy atom. The molecule has 6 rings (SSSR count). The topological polar surface area (TPSA) is 192 Å². The standard InChI is InChI=1S/C34H44FN5O9S/c1-33(2,46)30(43)36-26-12-7-5-3-4-6-10-21-16-34(21,31(44)38-50(47,48)23-13-14-23)37-28(41)27-15-22(18-40(27)29(26)42)49-32(45)39-17-20-9-8-11-25(35)24(20)19-39/h6,8-11,21-23,26-27,46H,3-5,7,12-19H2,1-2H3,(H,36,43)(H,37,41)(H,38,44)/b10-6-/t21-,22-,26+,27+,34-/m1/s1. The van der Waals surface area contributed by atoms with E-state index < -0.39 is 86.1 Å². The van der Waals surface area contributed by atoms with Crippen LogP contribution in [-0.2, 0) is 47.0 Å². The maximum atomic E-state index is 14.4. The predicted molar refractivity (Wildman–Crippen MR) is 176 cm³/mol. The molecule has 5 aliphatic rings. The van der Waals surface area contributed by atoms with Gasteiger partial charge in [0.05, 0.1) is 18.3 Å². The first-order chi connectivity index (χ1) is 23.6. The van der Waals surface area contributed by atoms with E-state index in [2.05, 4.69) is 15.4 Å². The van der Waals surface area contributed by atoms with Gasteiger partial charge in [-0.1, -0.05) is 37.1 Å². The highest BCUT2D eigenvalue weighted by Gasteiger charge is 2.62. The van der Waals surface area contributed by atoms with Crippen molar-refractivity contribution in [2.24, 2.45) is 5.92 Å². The first-order valence-corrected chi connectivity index (χ1v) is 18.7. The van der Waals surface area contributed by atoms with Gasteiger partial charge < -0.3 is 25.4 Å². The van der Waals surface area contributed by atoms with Crippen molar-refractivity contribution in [1.82, 2.24) is 25.2 Å². The number of fused-ring (bicyclic) bond motifs is 3. The molecule has 16 heteroatoms. The van der Waals surface area contributed by atoms with Gasteiger partial charge in [0.15, 0.2) is 0 Å². The lowest BCUT2D eigenvalue weighted by Gasteiger charge is -2.31. The van der Waals surface area contributed by atoms with Gasteiger partial charge in [0.1, 0.15) is 35.1 Å². The summed E-state index contributed by atoms with van der Waals surface area (Å²) in [5, 5.41) is 15.0. The van der Waals surface area contributed by atoms with E-state index in [-0.39, 0.29) is 38.9 Å². The number of allylic oxidation sites excluding steroid dienone is 1. The summed E-state index contributed by atoms with van der Waals surface area (Å²) in [6.45, 7) is 2.46. The van der Waals surface area contributed by atoms with Crippen molar-refractivity contribution in [3.8, 4) is 0 Å². The average molecular weight is 718 g/mol. The van der Waals surface area contributed by atoms with Crippen LogP contribution in [0, 0.1) is 11.7 Å². The van der Waals surface area contributed by atoms with Gasteiger partial charge in [-0.15, -0.1) is 0 Å². The van der Waals surface area contributed by atoms with Crippen molar-refractivity contribution in [2.75, 3.05) is 6.54 Å².